The summed E-state index contributed by atoms with van der Waals surface area (Å²) in [6, 6.07) is 0. The van der Waals surface area contributed by atoms with Gasteiger partial charge in [-0.1, -0.05) is 0 Å². The van der Waals surface area contributed by atoms with Gasteiger partial charge in [0.2, 0.25) is 0 Å². The van der Waals surface area contributed by atoms with Gasteiger partial charge in [0, 0.05) is 30.0 Å². The van der Waals surface area contributed by atoms with Crippen LogP contribution in [0.4, 0.5) is 0 Å². The molecule has 0 bridgehead atoms. The fourth-order valence-corrected chi connectivity index (χ4v) is 2.43. The van der Waals surface area contributed by atoms with Crippen LogP contribution in [0.5, 0.6) is 0 Å². The van der Waals surface area contributed by atoms with Crippen molar-refractivity contribution >= 4 is 19.7 Å². The average Bonchev–Trinajstić information content (AvgIpc) is 2.85. The fraction of sp³-hybridized carbons (Fsp3) is 0.667. The summed E-state index contributed by atoms with van der Waals surface area (Å²) in [6.07, 6.45) is 6.27. The van der Waals surface area contributed by atoms with Crippen LogP contribution in [-0.2, 0) is 20.3 Å². The summed E-state index contributed by atoms with van der Waals surface area (Å²) in [5.74, 6) is 0. The number of imidazole rings is 1. The molecule has 2 rings (SSSR count). The average molecular weight is 265 g/mol. The zero-order chi connectivity index (χ0) is 11.6. The molecule has 90 valence electrons. The van der Waals surface area contributed by atoms with Crippen LogP contribution >= 0.6 is 10.7 Å². The summed E-state index contributed by atoms with van der Waals surface area (Å²) in [5.41, 5.74) is 0. The zero-order valence-electron chi connectivity index (χ0n) is 8.67. The Morgan fingerprint density at radius 2 is 2.44 bits per heavy atom. The molecule has 0 N–H and O–H groups in total. The van der Waals surface area contributed by atoms with E-state index in [-0.39, 0.29) is 5.03 Å². The van der Waals surface area contributed by atoms with E-state index >= 15 is 0 Å². The topological polar surface area (TPSA) is 61.2 Å². The third-order valence-corrected chi connectivity index (χ3v) is 3.78. The third kappa shape index (κ3) is 2.96. The van der Waals surface area contributed by atoms with Gasteiger partial charge in [0.1, 0.15) is 0 Å². The van der Waals surface area contributed by atoms with Gasteiger partial charge in [-0.15, -0.1) is 0 Å². The van der Waals surface area contributed by atoms with Gasteiger partial charge in [-0.25, -0.2) is 13.4 Å². The zero-order valence-corrected chi connectivity index (χ0v) is 10.2. The summed E-state index contributed by atoms with van der Waals surface area (Å²) in [5, 5.41) is -0.0958. The highest BCUT2D eigenvalue weighted by Crippen LogP contribution is 2.17. The van der Waals surface area contributed by atoms with Crippen LogP contribution in [0.3, 0.4) is 0 Å². The Balaban J connectivity index is 1.92. The summed E-state index contributed by atoms with van der Waals surface area (Å²) in [7, 11) is 1.46. The maximum atomic E-state index is 11.0. The summed E-state index contributed by atoms with van der Waals surface area (Å²) in [6.45, 7) is 1.53. The van der Waals surface area contributed by atoms with Crippen molar-refractivity contribution in [3.8, 4) is 0 Å². The molecule has 1 aliphatic rings. The SMILES string of the molecule is O=S(=O)(Cl)c1cn(CCC2CCCO2)cn1. The third-order valence-electron chi connectivity index (χ3n) is 2.59. The molecule has 1 atom stereocenters. The van der Waals surface area contributed by atoms with Crippen LogP contribution in [-0.4, -0.2) is 30.7 Å². The maximum absolute atomic E-state index is 11.0. The number of aromatic nitrogens is 2. The van der Waals surface area contributed by atoms with Crippen molar-refractivity contribution in [2.45, 2.75) is 36.9 Å². The molecule has 0 saturated carbocycles. The molecule has 0 radical (unpaired) electrons. The first-order valence-corrected chi connectivity index (χ1v) is 7.45. The smallest absolute Gasteiger partial charge is 0.280 e. The van der Waals surface area contributed by atoms with Crippen LogP contribution in [0.25, 0.3) is 0 Å². The molecule has 0 spiro atoms. The lowest BCUT2D eigenvalue weighted by molar-refractivity contribution is 0.100. The van der Waals surface area contributed by atoms with Gasteiger partial charge in [-0.05, 0) is 19.3 Å². The second kappa shape index (κ2) is 4.73. The lowest BCUT2D eigenvalue weighted by Crippen LogP contribution is -2.09. The number of aryl methyl sites for hydroxylation is 1. The van der Waals surface area contributed by atoms with Crippen LogP contribution in [0.2, 0.25) is 0 Å². The first-order valence-electron chi connectivity index (χ1n) is 5.14. The Hall–Kier alpha value is -0.590. The van der Waals surface area contributed by atoms with E-state index in [2.05, 4.69) is 4.98 Å². The number of hydrogen-bond donors (Lipinski definition) is 0. The number of halogens is 1. The first-order chi connectivity index (χ1) is 7.55. The Bertz CT molecular complexity index is 451. The van der Waals surface area contributed by atoms with Gasteiger partial charge in [0.25, 0.3) is 9.05 Å². The lowest BCUT2D eigenvalue weighted by atomic mass is 10.2. The van der Waals surface area contributed by atoms with Crippen molar-refractivity contribution in [1.82, 2.24) is 9.55 Å². The Labute approximate surface area is 98.8 Å². The molecule has 2 heterocycles. The lowest BCUT2D eigenvalue weighted by Gasteiger charge is -2.08. The fourth-order valence-electron chi connectivity index (χ4n) is 1.75. The Kier molecular flexibility index (Phi) is 3.51. The van der Waals surface area contributed by atoms with Gasteiger partial charge in [0.05, 0.1) is 12.4 Å². The van der Waals surface area contributed by atoms with Crippen LogP contribution in [0.15, 0.2) is 17.6 Å². The van der Waals surface area contributed by atoms with Crippen molar-refractivity contribution in [3.05, 3.63) is 12.5 Å². The van der Waals surface area contributed by atoms with E-state index in [4.69, 9.17) is 15.4 Å². The van der Waals surface area contributed by atoms with E-state index in [1.807, 2.05) is 0 Å². The standard InChI is InChI=1S/C9H13ClN2O3S/c10-16(13,14)9-6-12(7-11-9)4-3-8-2-1-5-15-8/h6-8H,1-5H2. The molecular weight excluding hydrogens is 252 g/mol. The number of ether oxygens (including phenoxy) is 1. The number of rotatable bonds is 4. The molecule has 0 amide bonds. The van der Waals surface area contributed by atoms with Crippen LogP contribution < -0.4 is 0 Å². The first kappa shape index (κ1) is 11.9. The van der Waals surface area contributed by atoms with Crippen molar-refractivity contribution in [1.29, 1.82) is 0 Å². The molecular formula is C9H13ClN2O3S. The van der Waals surface area contributed by atoms with Gasteiger partial charge in [-0.2, -0.15) is 0 Å². The quantitative estimate of drug-likeness (QED) is 0.771. The molecule has 1 saturated heterocycles. The molecule has 1 aromatic rings. The number of hydrogen-bond acceptors (Lipinski definition) is 4. The van der Waals surface area contributed by atoms with Crippen molar-refractivity contribution in [2.75, 3.05) is 6.61 Å². The minimum absolute atomic E-state index is 0.0958. The van der Waals surface area contributed by atoms with E-state index in [0.717, 1.165) is 25.9 Å². The van der Waals surface area contributed by atoms with Gasteiger partial charge >= 0.3 is 0 Å². The van der Waals surface area contributed by atoms with Crippen molar-refractivity contribution in [3.63, 3.8) is 0 Å². The van der Waals surface area contributed by atoms with E-state index in [1.165, 1.54) is 12.5 Å². The minimum atomic E-state index is -3.71. The highest BCUT2D eigenvalue weighted by Gasteiger charge is 2.16. The van der Waals surface area contributed by atoms with E-state index in [1.54, 1.807) is 4.57 Å². The Morgan fingerprint density at radius 1 is 1.62 bits per heavy atom. The molecule has 0 aromatic carbocycles. The monoisotopic (exact) mass is 264 g/mol. The summed E-state index contributed by atoms with van der Waals surface area (Å²) >= 11 is 0. The van der Waals surface area contributed by atoms with E-state index in [0.29, 0.717) is 12.6 Å². The predicted octanol–water partition coefficient (Wildman–Crippen LogP) is 1.38. The normalized spacial score (nSPS) is 21.4. The Morgan fingerprint density at radius 3 is 3.00 bits per heavy atom. The minimum Gasteiger partial charge on any atom is -0.378 e. The highest BCUT2D eigenvalue weighted by molar-refractivity contribution is 8.13. The highest BCUT2D eigenvalue weighted by atomic mass is 35.7. The number of nitrogens with zero attached hydrogens (tertiary/aromatic N) is 2. The molecule has 5 nitrogen and oxygen atoms in total. The van der Waals surface area contributed by atoms with Gasteiger partial charge < -0.3 is 9.30 Å². The molecule has 1 unspecified atom stereocenters. The van der Waals surface area contributed by atoms with Crippen LogP contribution in [0, 0.1) is 0 Å². The second-order valence-electron chi connectivity index (χ2n) is 3.81. The second-order valence-corrected chi connectivity index (χ2v) is 6.32. The van der Waals surface area contributed by atoms with E-state index < -0.39 is 9.05 Å². The molecule has 1 fully saturated rings. The summed E-state index contributed by atoms with van der Waals surface area (Å²) in [4.78, 5) is 3.73. The van der Waals surface area contributed by atoms with Crippen LogP contribution in [0.1, 0.15) is 19.3 Å². The van der Waals surface area contributed by atoms with E-state index in [9.17, 15) is 8.42 Å². The molecule has 1 aromatic heterocycles. The molecule has 1 aliphatic heterocycles. The van der Waals surface area contributed by atoms with Crippen molar-refractivity contribution in [2.24, 2.45) is 0 Å². The predicted molar refractivity (Wildman–Crippen MR) is 58.9 cm³/mol. The maximum Gasteiger partial charge on any atom is 0.280 e. The largest absolute Gasteiger partial charge is 0.378 e. The van der Waals surface area contributed by atoms with Crippen molar-refractivity contribution < 1.29 is 13.2 Å². The summed E-state index contributed by atoms with van der Waals surface area (Å²) < 4.78 is 29.1. The molecule has 16 heavy (non-hydrogen) atoms. The van der Waals surface area contributed by atoms with Gasteiger partial charge in [0.15, 0.2) is 5.03 Å². The molecule has 7 heteroatoms. The van der Waals surface area contributed by atoms with Gasteiger partial charge in [-0.3, -0.25) is 0 Å². The molecule has 0 aliphatic carbocycles.